The van der Waals surface area contributed by atoms with Gasteiger partial charge in [-0.25, -0.2) is 4.98 Å². The van der Waals surface area contributed by atoms with Gasteiger partial charge in [0.15, 0.2) is 0 Å². The number of nitrogen functional groups attached to an aromatic ring is 1. The second-order valence-corrected chi connectivity index (χ2v) is 3.87. The topological polar surface area (TPSA) is 80.0 Å². The number of pyridine rings is 1. The summed E-state index contributed by atoms with van der Waals surface area (Å²) in [5.74, 6) is 5.67. The van der Waals surface area contributed by atoms with E-state index in [9.17, 15) is 4.79 Å². The van der Waals surface area contributed by atoms with Gasteiger partial charge < -0.3 is 10.7 Å². The third-order valence-electron chi connectivity index (χ3n) is 2.59. The van der Waals surface area contributed by atoms with Crippen molar-refractivity contribution in [2.24, 2.45) is 11.8 Å². The maximum Gasteiger partial charge on any atom is 0.270 e. The minimum absolute atomic E-state index is 0.118. The normalized spacial score (nSPS) is 23.3. The summed E-state index contributed by atoms with van der Waals surface area (Å²) in [4.78, 5) is 15.6. The minimum Gasteiger partial charge on any atom is -0.348 e. The van der Waals surface area contributed by atoms with E-state index in [1.165, 1.54) is 6.20 Å². The van der Waals surface area contributed by atoms with Crippen LogP contribution in [0.25, 0.3) is 0 Å². The molecular weight excluding hydrogens is 192 g/mol. The Morgan fingerprint density at radius 1 is 1.60 bits per heavy atom. The molecule has 0 spiro atoms. The largest absolute Gasteiger partial charge is 0.348 e. The number of nitrogens with one attached hydrogen (secondary N) is 2. The fourth-order valence-corrected chi connectivity index (χ4v) is 1.38. The first-order valence-corrected chi connectivity index (χ1v) is 4.94. The van der Waals surface area contributed by atoms with Gasteiger partial charge in [0, 0.05) is 6.04 Å². The molecule has 5 nitrogen and oxygen atoms in total. The first kappa shape index (κ1) is 9.92. The third-order valence-corrected chi connectivity index (χ3v) is 2.59. The van der Waals surface area contributed by atoms with Gasteiger partial charge in [0.1, 0.15) is 5.69 Å². The van der Waals surface area contributed by atoms with Crippen molar-refractivity contribution < 1.29 is 4.79 Å². The lowest BCUT2D eigenvalue weighted by atomic mass is 10.3. The van der Waals surface area contributed by atoms with E-state index in [-0.39, 0.29) is 5.91 Å². The Hall–Kier alpha value is -1.62. The zero-order valence-corrected chi connectivity index (χ0v) is 8.53. The monoisotopic (exact) mass is 206 g/mol. The number of hydrogen-bond acceptors (Lipinski definition) is 4. The third kappa shape index (κ3) is 2.24. The molecule has 0 aliphatic heterocycles. The number of nitrogens with two attached hydrogens (primary N) is 1. The quantitative estimate of drug-likeness (QED) is 0.497. The number of anilines is 1. The van der Waals surface area contributed by atoms with E-state index in [4.69, 9.17) is 5.84 Å². The number of amides is 1. The predicted molar refractivity (Wildman–Crippen MR) is 57.1 cm³/mol. The SMILES string of the molecule is CC1CC1NC(=O)c1ccc(NN)cn1. The molecule has 1 aromatic heterocycles. The molecule has 5 heteroatoms. The number of carbonyl (C=O) groups excluding carboxylic acids is 1. The van der Waals surface area contributed by atoms with Crippen molar-refractivity contribution in [3.63, 3.8) is 0 Å². The van der Waals surface area contributed by atoms with E-state index < -0.39 is 0 Å². The lowest BCUT2D eigenvalue weighted by Crippen LogP contribution is -2.27. The van der Waals surface area contributed by atoms with Crippen molar-refractivity contribution in [1.29, 1.82) is 0 Å². The van der Waals surface area contributed by atoms with Crippen LogP contribution in [0.3, 0.4) is 0 Å². The summed E-state index contributed by atoms with van der Waals surface area (Å²) in [6.07, 6.45) is 2.60. The Labute approximate surface area is 88.0 Å². The molecule has 1 aromatic rings. The van der Waals surface area contributed by atoms with Crippen LogP contribution in [0.15, 0.2) is 18.3 Å². The van der Waals surface area contributed by atoms with Gasteiger partial charge in [-0.1, -0.05) is 6.92 Å². The Morgan fingerprint density at radius 2 is 2.33 bits per heavy atom. The highest BCUT2D eigenvalue weighted by atomic mass is 16.2. The average molecular weight is 206 g/mol. The van der Waals surface area contributed by atoms with E-state index >= 15 is 0 Å². The molecule has 1 saturated carbocycles. The smallest absolute Gasteiger partial charge is 0.270 e. The van der Waals surface area contributed by atoms with Gasteiger partial charge in [0.2, 0.25) is 0 Å². The van der Waals surface area contributed by atoms with E-state index in [2.05, 4.69) is 22.7 Å². The Balaban J connectivity index is 1.99. The summed E-state index contributed by atoms with van der Waals surface area (Å²) < 4.78 is 0. The molecule has 0 radical (unpaired) electrons. The minimum atomic E-state index is -0.118. The number of nitrogens with zero attached hydrogens (tertiary/aromatic N) is 1. The summed E-state index contributed by atoms with van der Waals surface area (Å²) in [5, 5.41) is 2.90. The van der Waals surface area contributed by atoms with E-state index in [1.807, 2.05) is 0 Å². The average Bonchev–Trinajstić information content (AvgIpc) is 2.94. The molecule has 4 N–H and O–H groups in total. The van der Waals surface area contributed by atoms with Gasteiger partial charge in [-0.3, -0.25) is 10.6 Å². The molecule has 0 aromatic carbocycles. The maximum absolute atomic E-state index is 11.6. The van der Waals surface area contributed by atoms with E-state index in [0.29, 0.717) is 23.3 Å². The van der Waals surface area contributed by atoms with Crippen molar-refractivity contribution in [2.45, 2.75) is 19.4 Å². The van der Waals surface area contributed by atoms with Gasteiger partial charge in [-0.15, -0.1) is 0 Å². The fourth-order valence-electron chi connectivity index (χ4n) is 1.38. The molecule has 2 atom stereocenters. The zero-order chi connectivity index (χ0) is 10.8. The number of carbonyl (C=O) groups is 1. The summed E-state index contributed by atoms with van der Waals surface area (Å²) in [7, 11) is 0. The molecule has 1 aliphatic carbocycles. The Kier molecular flexibility index (Phi) is 2.55. The summed E-state index contributed by atoms with van der Waals surface area (Å²) >= 11 is 0. The molecule has 80 valence electrons. The molecule has 1 fully saturated rings. The van der Waals surface area contributed by atoms with Crippen LogP contribution in [0.5, 0.6) is 0 Å². The van der Waals surface area contributed by atoms with Crippen LogP contribution in [0.2, 0.25) is 0 Å². The highest BCUT2D eigenvalue weighted by Gasteiger charge is 2.34. The standard InChI is InChI=1S/C10H14N4O/c1-6-4-9(6)13-10(15)8-3-2-7(14-11)5-12-8/h2-3,5-6,9,14H,4,11H2,1H3,(H,13,15). The van der Waals surface area contributed by atoms with Crippen LogP contribution < -0.4 is 16.6 Å². The molecule has 1 aliphatic rings. The number of rotatable bonds is 3. The van der Waals surface area contributed by atoms with Crippen molar-refractivity contribution in [1.82, 2.24) is 10.3 Å². The van der Waals surface area contributed by atoms with Crippen LogP contribution >= 0.6 is 0 Å². The van der Waals surface area contributed by atoms with Crippen molar-refractivity contribution in [3.05, 3.63) is 24.0 Å². The first-order valence-electron chi connectivity index (χ1n) is 4.94. The second-order valence-electron chi connectivity index (χ2n) is 3.87. The van der Waals surface area contributed by atoms with Gasteiger partial charge >= 0.3 is 0 Å². The van der Waals surface area contributed by atoms with Crippen LogP contribution in [0.4, 0.5) is 5.69 Å². The summed E-state index contributed by atoms with van der Waals surface area (Å²) in [5.41, 5.74) is 3.57. The van der Waals surface area contributed by atoms with Crippen LogP contribution in [-0.2, 0) is 0 Å². The molecule has 15 heavy (non-hydrogen) atoms. The fraction of sp³-hybridized carbons (Fsp3) is 0.400. The van der Waals surface area contributed by atoms with Crippen LogP contribution in [0, 0.1) is 5.92 Å². The Bertz CT molecular complexity index is 362. The lowest BCUT2D eigenvalue weighted by molar-refractivity contribution is 0.0944. The van der Waals surface area contributed by atoms with Gasteiger partial charge in [-0.05, 0) is 24.5 Å². The highest BCUT2D eigenvalue weighted by molar-refractivity contribution is 5.92. The molecule has 2 rings (SSSR count). The Morgan fingerprint density at radius 3 is 2.80 bits per heavy atom. The molecule has 1 heterocycles. The van der Waals surface area contributed by atoms with Crippen molar-refractivity contribution >= 4 is 11.6 Å². The van der Waals surface area contributed by atoms with Gasteiger partial charge in [-0.2, -0.15) is 0 Å². The highest BCUT2D eigenvalue weighted by Crippen LogP contribution is 2.29. The maximum atomic E-state index is 11.6. The molecule has 0 saturated heterocycles. The number of hydrazine groups is 1. The first-order chi connectivity index (χ1) is 7.20. The van der Waals surface area contributed by atoms with E-state index in [0.717, 1.165) is 6.42 Å². The predicted octanol–water partition coefficient (Wildman–Crippen LogP) is 0.505. The zero-order valence-electron chi connectivity index (χ0n) is 8.53. The molecule has 1 amide bonds. The number of aromatic nitrogens is 1. The lowest BCUT2D eigenvalue weighted by Gasteiger charge is -2.03. The molecule has 0 bridgehead atoms. The van der Waals surface area contributed by atoms with Crippen molar-refractivity contribution in [2.75, 3.05) is 5.43 Å². The van der Waals surface area contributed by atoms with E-state index in [1.54, 1.807) is 12.1 Å². The van der Waals surface area contributed by atoms with Gasteiger partial charge in [0.05, 0.1) is 11.9 Å². The number of hydrogen-bond donors (Lipinski definition) is 3. The van der Waals surface area contributed by atoms with Crippen molar-refractivity contribution in [3.8, 4) is 0 Å². The van der Waals surface area contributed by atoms with Crippen LogP contribution in [-0.4, -0.2) is 16.9 Å². The summed E-state index contributed by atoms with van der Waals surface area (Å²) in [6.45, 7) is 2.11. The summed E-state index contributed by atoms with van der Waals surface area (Å²) in [6, 6.07) is 3.70. The molecule has 2 unspecified atom stereocenters. The second kappa shape index (κ2) is 3.86. The molecular formula is C10H14N4O. The van der Waals surface area contributed by atoms with Crippen LogP contribution in [0.1, 0.15) is 23.8 Å². The van der Waals surface area contributed by atoms with Gasteiger partial charge in [0.25, 0.3) is 5.91 Å².